The van der Waals surface area contributed by atoms with E-state index in [-0.39, 0.29) is 17.1 Å². The number of halogens is 1. The Hall–Kier alpha value is -3.39. The fraction of sp³-hybridized carbons (Fsp3) is 0.0741. The lowest BCUT2D eigenvalue weighted by atomic mass is 10.2. The minimum Gasteiger partial charge on any atom is -0.322 e. The van der Waals surface area contributed by atoms with Crippen molar-refractivity contribution in [2.45, 2.75) is 17.1 Å². The van der Waals surface area contributed by atoms with E-state index in [0.29, 0.717) is 15.8 Å². The van der Waals surface area contributed by atoms with Crippen molar-refractivity contribution in [2.24, 2.45) is 0 Å². The minimum absolute atomic E-state index is 0.157. The molecule has 1 heterocycles. The number of benzene rings is 3. The van der Waals surface area contributed by atoms with Crippen LogP contribution in [0.4, 0.5) is 10.8 Å². The van der Waals surface area contributed by atoms with E-state index in [4.69, 9.17) is 11.6 Å². The summed E-state index contributed by atoms with van der Waals surface area (Å²) < 4.78 is 0. The molecule has 3 aromatic carbocycles. The molecule has 35 heavy (non-hydrogen) atoms. The number of thioether (sulfide) groups is 1. The van der Waals surface area contributed by atoms with E-state index in [1.807, 2.05) is 91.2 Å². The first-order chi connectivity index (χ1) is 17.0. The summed E-state index contributed by atoms with van der Waals surface area (Å²) in [4.78, 5) is 30.4. The molecule has 1 atom stereocenters. The van der Waals surface area contributed by atoms with Crippen LogP contribution in [0.15, 0.2) is 95.2 Å². The maximum absolute atomic E-state index is 12.7. The van der Waals surface area contributed by atoms with Crippen LogP contribution in [-0.2, 0) is 9.59 Å². The molecule has 0 saturated carbocycles. The summed E-state index contributed by atoms with van der Waals surface area (Å²) >= 11 is 9.00. The quantitative estimate of drug-likeness (QED) is 0.190. The number of aromatic nitrogens is 1. The molecule has 4 aromatic rings. The standard InChI is InChI=1S/C27H22ClN3O2S2/c1-18(26(33)31-27-30-24(17-34-27)22-12-5-6-13-23(22)28)35-21-11-7-10-20(16-21)29-25(32)15-14-19-8-3-2-4-9-19/h2-18H,1H3,(H,29,32)(H,30,31,33)/b15-14+. The lowest BCUT2D eigenvalue weighted by Crippen LogP contribution is -2.22. The molecular formula is C27H22ClN3O2S2. The normalized spacial score (nSPS) is 11.8. The molecule has 2 N–H and O–H groups in total. The summed E-state index contributed by atoms with van der Waals surface area (Å²) in [6.45, 7) is 1.83. The van der Waals surface area contributed by atoms with Crippen LogP contribution >= 0.6 is 34.7 Å². The summed E-state index contributed by atoms with van der Waals surface area (Å²) in [5.74, 6) is -0.379. The van der Waals surface area contributed by atoms with Gasteiger partial charge in [-0.15, -0.1) is 23.1 Å². The number of hydrogen-bond acceptors (Lipinski definition) is 5. The molecule has 176 valence electrons. The van der Waals surface area contributed by atoms with Gasteiger partial charge < -0.3 is 10.6 Å². The predicted molar refractivity (Wildman–Crippen MR) is 147 cm³/mol. The van der Waals surface area contributed by atoms with E-state index < -0.39 is 0 Å². The van der Waals surface area contributed by atoms with Crippen LogP contribution in [0.3, 0.4) is 0 Å². The van der Waals surface area contributed by atoms with Crippen LogP contribution in [0.2, 0.25) is 5.02 Å². The second-order valence-corrected chi connectivity index (χ2v) is 10.2. The fourth-order valence-corrected chi connectivity index (χ4v) is 5.03. The molecule has 8 heteroatoms. The summed E-state index contributed by atoms with van der Waals surface area (Å²) in [6.07, 6.45) is 3.26. The molecular weight excluding hydrogens is 498 g/mol. The van der Waals surface area contributed by atoms with Gasteiger partial charge in [-0.3, -0.25) is 9.59 Å². The predicted octanol–water partition coefficient (Wildman–Crippen LogP) is 7.23. The molecule has 0 spiro atoms. The number of hydrogen-bond donors (Lipinski definition) is 2. The Morgan fingerprint density at radius 1 is 1.00 bits per heavy atom. The lowest BCUT2D eigenvalue weighted by Gasteiger charge is -2.11. The van der Waals surface area contributed by atoms with Crippen LogP contribution in [0.5, 0.6) is 0 Å². The van der Waals surface area contributed by atoms with Gasteiger partial charge in [-0.2, -0.15) is 0 Å². The molecule has 4 rings (SSSR count). The van der Waals surface area contributed by atoms with Crippen LogP contribution in [0.25, 0.3) is 17.3 Å². The molecule has 0 saturated heterocycles. The third kappa shape index (κ3) is 7.05. The van der Waals surface area contributed by atoms with E-state index in [9.17, 15) is 9.59 Å². The zero-order chi connectivity index (χ0) is 24.6. The van der Waals surface area contributed by atoms with Crippen LogP contribution in [-0.4, -0.2) is 22.0 Å². The highest BCUT2D eigenvalue weighted by molar-refractivity contribution is 8.00. The smallest absolute Gasteiger partial charge is 0.248 e. The van der Waals surface area contributed by atoms with Crippen molar-refractivity contribution in [1.29, 1.82) is 0 Å². The number of thiazole rings is 1. The van der Waals surface area contributed by atoms with Crippen molar-refractivity contribution in [3.63, 3.8) is 0 Å². The first-order valence-corrected chi connectivity index (χ1v) is 12.9. The molecule has 0 aliphatic carbocycles. The average molecular weight is 520 g/mol. The summed E-state index contributed by atoms with van der Waals surface area (Å²) in [7, 11) is 0. The second-order valence-electron chi connectivity index (χ2n) is 7.53. The highest BCUT2D eigenvalue weighted by atomic mass is 35.5. The highest BCUT2D eigenvalue weighted by Gasteiger charge is 2.17. The minimum atomic E-state index is -0.369. The lowest BCUT2D eigenvalue weighted by molar-refractivity contribution is -0.115. The van der Waals surface area contributed by atoms with Crippen molar-refractivity contribution in [3.05, 3.63) is 101 Å². The summed E-state index contributed by atoms with van der Waals surface area (Å²) in [6, 6.07) is 24.5. The van der Waals surface area contributed by atoms with Gasteiger partial charge in [0.1, 0.15) is 0 Å². The molecule has 0 aliphatic rings. The third-order valence-electron chi connectivity index (χ3n) is 4.89. The van der Waals surface area contributed by atoms with E-state index in [1.165, 1.54) is 29.2 Å². The van der Waals surface area contributed by atoms with E-state index >= 15 is 0 Å². The van der Waals surface area contributed by atoms with Crippen LogP contribution in [0, 0.1) is 0 Å². The summed E-state index contributed by atoms with van der Waals surface area (Å²) in [5, 5.41) is 8.36. The molecule has 1 aromatic heterocycles. The largest absolute Gasteiger partial charge is 0.322 e. The average Bonchev–Trinajstić information content (AvgIpc) is 3.32. The van der Waals surface area contributed by atoms with Gasteiger partial charge in [-0.1, -0.05) is 66.2 Å². The Bertz CT molecular complexity index is 1360. The second kappa shape index (κ2) is 11.8. The van der Waals surface area contributed by atoms with Crippen molar-refractivity contribution in [3.8, 4) is 11.3 Å². The van der Waals surface area contributed by atoms with Crippen molar-refractivity contribution < 1.29 is 9.59 Å². The van der Waals surface area contributed by atoms with Gasteiger partial charge in [-0.25, -0.2) is 4.98 Å². The number of rotatable bonds is 8. The Morgan fingerprint density at radius 2 is 1.77 bits per heavy atom. The number of nitrogens with zero attached hydrogens (tertiary/aromatic N) is 1. The van der Waals surface area contributed by atoms with Gasteiger partial charge in [0, 0.05) is 32.6 Å². The highest BCUT2D eigenvalue weighted by Crippen LogP contribution is 2.31. The molecule has 2 amide bonds. The molecule has 0 aliphatic heterocycles. The van der Waals surface area contributed by atoms with Gasteiger partial charge in [0.2, 0.25) is 11.8 Å². The van der Waals surface area contributed by atoms with E-state index in [2.05, 4.69) is 15.6 Å². The molecule has 0 fully saturated rings. The Balaban J connectivity index is 1.33. The van der Waals surface area contributed by atoms with Gasteiger partial charge in [0.25, 0.3) is 0 Å². The monoisotopic (exact) mass is 519 g/mol. The number of amides is 2. The van der Waals surface area contributed by atoms with Gasteiger partial charge in [0.05, 0.1) is 10.9 Å². The zero-order valence-corrected chi connectivity index (χ0v) is 21.2. The topological polar surface area (TPSA) is 71.1 Å². The number of nitrogens with one attached hydrogen (secondary N) is 2. The Kier molecular flexibility index (Phi) is 8.36. The van der Waals surface area contributed by atoms with Crippen molar-refractivity contribution >= 4 is 63.4 Å². The first kappa shape index (κ1) is 24.7. The number of anilines is 2. The van der Waals surface area contributed by atoms with Crippen LogP contribution in [0.1, 0.15) is 12.5 Å². The van der Waals surface area contributed by atoms with Gasteiger partial charge in [-0.05, 0) is 42.8 Å². The third-order valence-corrected chi connectivity index (χ3v) is 7.08. The maximum Gasteiger partial charge on any atom is 0.248 e. The Labute approximate surface area is 217 Å². The van der Waals surface area contributed by atoms with E-state index in [1.54, 1.807) is 6.08 Å². The van der Waals surface area contributed by atoms with Crippen LogP contribution < -0.4 is 10.6 Å². The summed E-state index contributed by atoms with van der Waals surface area (Å²) in [5.41, 5.74) is 3.16. The maximum atomic E-state index is 12.7. The zero-order valence-electron chi connectivity index (χ0n) is 18.8. The fourth-order valence-electron chi connectivity index (χ4n) is 3.16. The Morgan fingerprint density at radius 3 is 2.57 bits per heavy atom. The van der Waals surface area contributed by atoms with Gasteiger partial charge in [0.15, 0.2) is 5.13 Å². The van der Waals surface area contributed by atoms with Crippen molar-refractivity contribution in [2.75, 3.05) is 10.6 Å². The first-order valence-electron chi connectivity index (χ1n) is 10.8. The molecule has 1 unspecified atom stereocenters. The SMILES string of the molecule is CC(Sc1cccc(NC(=O)/C=C/c2ccccc2)c1)C(=O)Nc1nc(-c2ccccc2Cl)cs1. The molecule has 0 bridgehead atoms. The molecule has 0 radical (unpaired) electrons. The number of carbonyl (C=O) groups excluding carboxylic acids is 2. The van der Waals surface area contributed by atoms with E-state index in [0.717, 1.165) is 21.7 Å². The molecule has 5 nitrogen and oxygen atoms in total. The van der Waals surface area contributed by atoms with Crippen molar-refractivity contribution in [1.82, 2.24) is 4.98 Å². The van der Waals surface area contributed by atoms with Gasteiger partial charge >= 0.3 is 0 Å². The number of carbonyl (C=O) groups is 2.